The Bertz CT molecular complexity index is 507. The van der Waals surface area contributed by atoms with Crippen LogP contribution in [-0.2, 0) is 12.3 Å². The summed E-state index contributed by atoms with van der Waals surface area (Å²) in [7, 11) is 0. The van der Waals surface area contributed by atoms with Gasteiger partial charge in [-0.15, -0.1) is 0 Å². The summed E-state index contributed by atoms with van der Waals surface area (Å²) in [4.78, 5) is 0. The minimum absolute atomic E-state index is 0.398. The van der Waals surface area contributed by atoms with E-state index in [0.29, 0.717) is 12.2 Å². The lowest BCUT2D eigenvalue weighted by Gasteiger charge is -2.04. The van der Waals surface area contributed by atoms with Crippen molar-refractivity contribution in [3.63, 3.8) is 0 Å². The van der Waals surface area contributed by atoms with Crippen LogP contribution in [0.3, 0.4) is 0 Å². The van der Waals surface area contributed by atoms with Gasteiger partial charge in [-0.2, -0.15) is 11.8 Å². The second-order valence-electron chi connectivity index (χ2n) is 3.81. The smallest absolute Gasteiger partial charge is 0.128 e. The maximum atomic E-state index is 13.0. The predicted octanol–water partition coefficient (Wildman–Crippen LogP) is 4.03. The van der Waals surface area contributed by atoms with E-state index in [1.165, 1.54) is 12.1 Å². The van der Waals surface area contributed by atoms with E-state index in [4.69, 9.17) is 4.42 Å². The van der Waals surface area contributed by atoms with Crippen molar-refractivity contribution in [2.75, 3.05) is 11.6 Å². The van der Waals surface area contributed by atoms with Gasteiger partial charge in [-0.1, -0.05) is 0 Å². The minimum Gasteiger partial charge on any atom is -0.463 e. The first-order valence-corrected chi connectivity index (χ1v) is 6.83. The molecule has 1 N–H and O–H groups in total. The Hall–Kier alpha value is -1.49. The summed E-state index contributed by atoms with van der Waals surface area (Å²) in [5.41, 5.74) is 0.398. The van der Waals surface area contributed by atoms with E-state index >= 15 is 0 Å². The normalized spacial score (nSPS) is 10.6. The molecule has 2 nitrogen and oxygen atoms in total. The number of rotatable bonds is 5. The Labute approximate surface area is 108 Å². The highest BCUT2D eigenvalue weighted by Crippen LogP contribution is 2.17. The largest absolute Gasteiger partial charge is 0.463 e. The van der Waals surface area contributed by atoms with Gasteiger partial charge in [0.25, 0.3) is 0 Å². The van der Waals surface area contributed by atoms with Crippen LogP contribution in [0.1, 0.15) is 11.5 Å². The molecule has 0 aliphatic heterocycles. The third-order valence-corrected chi connectivity index (χ3v) is 2.91. The molecular weight excluding hydrogens is 256 g/mol. The van der Waals surface area contributed by atoms with Gasteiger partial charge in [0.15, 0.2) is 0 Å². The van der Waals surface area contributed by atoms with Crippen LogP contribution in [-0.4, -0.2) is 6.26 Å². The zero-order valence-electron chi connectivity index (χ0n) is 9.87. The van der Waals surface area contributed by atoms with Crippen LogP contribution in [0.25, 0.3) is 0 Å². The number of nitrogens with one attached hydrogen (secondary N) is 1. The highest BCUT2D eigenvalue weighted by atomic mass is 32.2. The third kappa shape index (κ3) is 3.50. The zero-order valence-corrected chi connectivity index (χ0v) is 10.7. The molecule has 0 unspecified atom stereocenters. The maximum Gasteiger partial charge on any atom is 0.128 e. The number of hydrogen-bond donors (Lipinski definition) is 1. The molecule has 0 atom stereocenters. The molecule has 0 spiro atoms. The van der Waals surface area contributed by atoms with Gasteiger partial charge in [0.05, 0.1) is 12.3 Å². The molecular formula is C13H13F2NOS. The van der Waals surface area contributed by atoms with E-state index < -0.39 is 11.6 Å². The highest BCUT2D eigenvalue weighted by Gasteiger charge is 2.03. The van der Waals surface area contributed by atoms with Gasteiger partial charge >= 0.3 is 0 Å². The van der Waals surface area contributed by atoms with Gasteiger partial charge in [0.2, 0.25) is 0 Å². The summed E-state index contributed by atoms with van der Waals surface area (Å²) in [6.07, 6.45) is 2.00. The molecule has 0 aliphatic rings. The topological polar surface area (TPSA) is 25.2 Å². The Balaban J connectivity index is 1.97. The fourth-order valence-corrected chi connectivity index (χ4v) is 2.02. The molecule has 0 fully saturated rings. The molecule has 0 saturated carbocycles. The zero-order chi connectivity index (χ0) is 13.0. The highest BCUT2D eigenvalue weighted by molar-refractivity contribution is 7.97. The van der Waals surface area contributed by atoms with E-state index in [1.807, 2.05) is 18.4 Å². The lowest BCUT2D eigenvalue weighted by atomic mass is 10.3. The quantitative estimate of drug-likeness (QED) is 0.887. The van der Waals surface area contributed by atoms with E-state index in [0.717, 1.165) is 23.3 Å². The Morgan fingerprint density at radius 1 is 1.11 bits per heavy atom. The average Bonchev–Trinajstić information content (AvgIpc) is 2.74. The first-order chi connectivity index (χ1) is 8.67. The molecule has 0 aliphatic carbocycles. The monoisotopic (exact) mass is 269 g/mol. The molecule has 5 heteroatoms. The van der Waals surface area contributed by atoms with Crippen LogP contribution >= 0.6 is 11.8 Å². The summed E-state index contributed by atoms with van der Waals surface area (Å²) in [6.45, 7) is 0.400. The molecule has 96 valence electrons. The Morgan fingerprint density at radius 2 is 1.78 bits per heavy atom. The Kier molecular flexibility index (Phi) is 4.25. The minimum atomic E-state index is -0.597. The van der Waals surface area contributed by atoms with Crippen molar-refractivity contribution < 1.29 is 13.2 Å². The number of hydrogen-bond acceptors (Lipinski definition) is 3. The van der Waals surface area contributed by atoms with Gasteiger partial charge < -0.3 is 9.73 Å². The molecule has 0 radical (unpaired) electrons. The predicted molar refractivity (Wildman–Crippen MR) is 69.6 cm³/mol. The van der Waals surface area contributed by atoms with Crippen molar-refractivity contribution in [1.29, 1.82) is 0 Å². The van der Waals surface area contributed by atoms with Crippen LogP contribution in [0, 0.1) is 11.6 Å². The van der Waals surface area contributed by atoms with Crippen LogP contribution in [0.15, 0.2) is 34.7 Å². The van der Waals surface area contributed by atoms with E-state index in [-0.39, 0.29) is 0 Å². The van der Waals surface area contributed by atoms with E-state index in [1.54, 1.807) is 11.8 Å². The van der Waals surface area contributed by atoms with Crippen molar-refractivity contribution in [1.82, 2.24) is 0 Å². The number of halogens is 2. The van der Waals surface area contributed by atoms with E-state index in [9.17, 15) is 8.78 Å². The molecule has 1 aromatic carbocycles. The van der Waals surface area contributed by atoms with Crippen LogP contribution in [0.2, 0.25) is 0 Å². The lowest BCUT2D eigenvalue weighted by Crippen LogP contribution is -1.99. The lowest BCUT2D eigenvalue weighted by molar-refractivity contribution is 0.487. The molecule has 0 bridgehead atoms. The third-order valence-electron chi connectivity index (χ3n) is 2.33. The summed E-state index contributed by atoms with van der Waals surface area (Å²) in [5.74, 6) is 1.25. The molecule has 2 aromatic rings. The molecule has 0 amide bonds. The maximum absolute atomic E-state index is 13.0. The molecule has 2 rings (SSSR count). The van der Waals surface area contributed by atoms with Crippen molar-refractivity contribution in [2.24, 2.45) is 0 Å². The number of thioether (sulfide) groups is 1. The van der Waals surface area contributed by atoms with Gasteiger partial charge in [-0.25, -0.2) is 8.78 Å². The van der Waals surface area contributed by atoms with Crippen LogP contribution < -0.4 is 5.32 Å². The summed E-state index contributed by atoms with van der Waals surface area (Å²) in [5, 5.41) is 2.92. The van der Waals surface area contributed by atoms with Crippen molar-refractivity contribution in [3.8, 4) is 0 Å². The second kappa shape index (κ2) is 5.91. The first-order valence-electron chi connectivity index (χ1n) is 5.44. The van der Waals surface area contributed by atoms with Gasteiger partial charge in [-0.05, 0) is 30.5 Å². The van der Waals surface area contributed by atoms with Gasteiger partial charge in [0.1, 0.15) is 23.2 Å². The average molecular weight is 269 g/mol. The summed E-state index contributed by atoms with van der Waals surface area (Å²) < 4.78 is 31.4. The molecule has 18 heavy (non-hydrogen) atoms. The fraction of sp³-hybridized carbons (Fsp3) is 0.231. The Morgan fingerprint density at radius 3 is 2.44 bits per heavy atom. The molecule has 1 aromatic heterocycles. The number of anilines is 1. The van der Waals surface area contributed by atoms with Crippen LogP contribution in [0.5, 0.6) is 0 Å². The van der Waals surface area contributed by atoms with Crippen molar-refractivity contribution in [3.05, 3.63) is 53.5 Å². The standard InChI is InChI=1S/C13H13F2NOS/c1-18-8-13-3-2-12(17-13)7-16-11-5-9(14)4-10(15)6-11/h2-6,16H,7-8H2,1H3. The summed E-state index contributed by atoms with van der Waals surface area (Å²) in [6, 6.07) is 7.09. The second-order valence-corrected chi connectivity index (χ2v) is 4.68. The summed E-state index contributed by atoms with van der Waals surface area (Å²) >= 11 is 1.67. The van der Waals surface area contributed by atoms with Gasteiger partial charge in [0, 0.05) is 11.8 Å². The fourth-order valence-electron chi connectivity index (χ4n) is 1.58. The number of furan rings is 1. The van der Waals surface area contributed by atoms with Crippen LogP contribution in [0.4, 0.5) is 14.5 Å². The first kappa shape index (κ1) is 13.0. The SMILES string of the molecule is CSCc1ccc(CNc2cc(F)cc(F)c2)o1. The van der Waals surface area contributed by atoms with Gasteiger partial charge in [-0.3, -0.25) is 0 Å². The molecule has 0 saturated heterocycles. The molecule has 1 heterocycles. The van der Waals surface area contributed by atoms with Crippen molar-refractivity contribution >= 4 is 17.4 Å². The van der Waals surface area contributed by atoms with Crippen molar-refractivity contribution in [2.45, 2.75) is 12.3 Å². The van der Waals surface area contributed by atoms with E-state index in [2.05, 4.69) is 5.32 Å². The number of benzene rings is 1.